The van der Waals surface area contributed by atoms with E-state index in [2.05, 4.69) is 10.3 Å². The van der Waals surface area contributed by atoms with Crippen LogP contribution in [0.5, 0.6) is 0 Å². The molecule has 0 saturated carbocycles. The minimum atomic E-state index is -0.188. The first-order valence-corrected chi connectivity index (χ1v) is 7.43. The Hall–Kier alpha value is -2.66. The molecule has 0 aliphatic rings. The average Bonchev–Trinajstić information content (AvgIpc) is 2.54. The van der Waals surface area contributed by atoms with Crippen molar-refractivity contribution >= 4 is 28.7 Å². The maximum atomic E-state index is 12.1. The monoisotopic (exact) mass is 327 g/mol. The second-order valence-electron chi connectivity index (χ2n) is 5.15. The Kier molecular flexibility index (Phi) is 4.12. The SMILES string of the molecule is CC(=O)c1cccc(NCc2cc(=O)n3cc(Cl)ccc3n2)c1. The Morgan fingerprint density at radius 3 is 2.87 bits per heavy atom. The summed E-state index contributed by atoms with van der Waals surface area (Å²) in [7, 11) is 0. The zero-order valence-corrected chi connectivity index (χ0v) is 13.2. The van der Waals surface area contributed by atoms with Crippen LogP contribution in [-0.4, -0.2) is 15.2 Å². The van der Waals surface area contributed by atoms with Crippen LogP contribution in [-0.2, 0) is 6.54 Å². The summed E-state index contributed by atoms with van der Waals surface area (Å²) in [6.07, 6.45) is 1.54. The third kappa shape index (κ3) is 3.40. The van der Waals surface area contributed by atoms with E-state index in [1.807, 2.05) is 12.1 Å². The van der Waals surface area contributed by atoms with Crippen molar-refractivity contribution in [3.63, 3.8) is 0 Å². The molecule has 0 saturated heterocycles. The third-order valence-electron chi connectivity index (χ3n) is 3.42. The highest BCUT2D eigenvalue weighted by Crippen LogP contribution is 2.13. The van der Waals surface area contributed by atoms with Gasteiger partial charge in [-0.1, -0.05) is 23.7 Å². The number of Topliss-reactive ketones (excluding diaryl/α,β-unsaturated/α-hetero) is 1. The molecule has 116 valence electrons. The van der Waals surface area contributed by atoms with Crippen molar-refractivity contribution in [2.45, 2.75) is 13.5 Å². The molecule has 2 heterocycles. The number of rotatable bonds is 4. The van der Waals surface area contributed by atoms with E-state index in [9.17, 15) is 9.59 Å². The largest absolute Gasteiger partial charge is 0.379 e. The van der Waals surface area contributed by atoms with Gasteiger partial charge in [0.2, 0.25) is 0 Å². The van der Waals surface area contributed by atoms with Gasteiger partial charge in [-0.25, -0.2) is 4.98 Å². The first-order chi connectivity index (χ1) is 11.0. The first kappa shape index (κ1) is 15.2. The van der Waals surface area contributed by atoms with Gasteiger partial charge in [0.1, 0.15) is 5.65 Å². The number of fused-ring (bicyclic) bond motifs is 1. The number of aromatic nitrogens is 2. The summed E-state index contributed by atoms with van der Waals surface area (Å²) < 4.78 is 1.40. The Balaban J connectivity index is 1.85. The number of pyridine rings is 1. The molecular formula is C17H14ClN3O2. The minimum absolute atomic E-state index is 0.00704. The molecule has 23 heavy (non-hydrogen) atoms. The highest BCUT2D eigenvalue weighted by molar-refractivity contribution is 6.30. The molecule has 6 heteroatoms. The summed E-state index contributed by atoms with van der Waals surface area (Å²) >= 11 is 5.88. The average molecular weight is 328 g/mol. The zero-order chi connectivity index (χ0) is 16.4. The summed E-state index contributed by atoms with van der Waals surface area (Å²) in [6, 6.07) is 12.1. The minimum Gasteiger partial charge on any atom is -0.379 e. The molecule has 1 N–H and O–H groups in total. The number of nitrogens with zero attached hydrogens (tertiary/aromatic N) is 2. The molecular weight excluding hydrogens is 314 g/mol. The van der Waals surface area contributed by atoms with Crippen molar-refractivity contribution in [1.82, 2.24) is 9.38 Å². The van der Waals surface area contributed by atoms with Crippen molar-refractivity contribution < 1.29 is 4.79 Å². The maximum Gasteiger partial charge on any atom is 0.258 e. The second kappa shape index (κ2) is 6.22. The Labute approximate surface area is 137 Å². The highest BCUT2D eigenvalue weighted by atomic mass is 35.5. The molecule has 0 radical (unpaired) electrons. The van der Waals surface area contributed by atoms with Gasteiger partial charge in [-0.15, -0.1) is 0 Å². The molecule has 0 unspecified atom stereocenters. The van der Waals surface area contributed by atoms with E-state index in [-0.39, 0.29) is 11.3 Å². The number of carbonyl (C=O) groups excluding carboxylic acids is 1. The van der Waals surface area contributed by atoms with Crippen LogP contribution in [0.4, 0.5) is 5.69 Å². The van der Waals surface area contributed by atoms with Gasteiger partial charge in [0.15, 0.2) is 5.78 Å². The Morgan fingerprint density at radius 1 is 1.26 bits per heavy atom. The first-order valence-electron chi connectivity index (χ1n) is 7.06. The molecule has 0 atom stereocenters. The fourth-order valence-electron chi connectivity index (χ4n) is 2.26. The van der Waals surface area contributed by atoms with Crippen LogP contribution < -0.4 is 10.9 Å². The molecule has 0 bridgehead atoms. The molecule has 3 rings (SSSR count). The topological polar surface area (TPSA) is 63.5 Å². The predicted octanol–water partition coefficient (Wildman–Crippen LogP) is 3.16. The quantitative estimate of drug-likeness (QED) is 0.748. The van der Waals surface area contributed by atoms with Gasteiger partial charge in [-0.05, 0) is 31.2 Å². The number of hydrogen-bond acceptors (Lipinski definition) is 4. The highest BCUT2D eigenvalue weighted by Gasteiger charge is 2.04. The molecule has 2 aromatic heterocycles. The summed E-state index contributed by atoms with van der Waals surface area (Å²) in [6.45, 7) is 1.91. The van der Waals surface area contributed by atoms with Gasteiger partial charge in [0.25, 0.3) is 5.56 Å². The van der Waals surface area contributed by atoms with E-state index in [0.717, 1.165) is 5.69 Å². The van der Waals surface area contributed by atoms with Crippen molar-refractivity contribution in [3.8, 4) is 0 Å². The van der Waals surface area contributed by atoms with E-state index in [1.54, 1.807) is 30.5 Å². The maximum absolute atomic E-state index is 12.1. The molecule has 0 spiro atoms. The number of hydrogen-bond donors (Lipinski definition) is 1. The number of nitrogens with one attached hydrogen (secondary N) is 1. The predicted molar refractivity (Wildman–Crippen MR) is 90.2 cm³/mol. The molecule has 0 fully saturated rings. The fourth-order valence-corrected chi connectivity index (χ4v) is 2.42. The molecule has 0 amide bonds. The lowest BCUT2D eigenvalue weighted by Crippen LogP contribution is -2.16. The Bertz CT molecular complexity index is 950. The molecule has 1 aromatic carbocycles. The number of anilines is 1. The number of halogens is 1. The zero-order valence-electron chi connectivity index (χ0n) is 12.4. The van der Waals surface area contributed by atoms with E-state index >= 15 is 0 Å². The molecule has 5 nitrogen and oxygen atoms in total. The number of benzene rings is 1. The van der Waals surface area contributed by atoms with Crippen molar-refractivity contribution in [1.29, 1.82) is 0 Å². The van der Waals surface area contributed by atoms with Crippen molar-refractivity contribution in [2.24, 2.45) is 0 Å². The molecule has 3 aromatic rings. The van der Waals surface area contributed by atoms with Gasteiger partial charge in [0.05, 0.1) is 17.3 Å². The summed E-state index contributed by atoms with van der Waals surface area (Å²) in [4.78, 5) is 27.9. The van der Waals surface area contributed by atoms with E-state index < -0.39 is 0 Å². The van der Waals surface area contributed by atoms with Crippen LogP contribution in [0.3, 0.4) is 0 Å². The lowest BCUT2D eigenvalue weighted by molar-refractivity contribution is 0.101. The van der Waals surface area contributed by atoms with Crippen LogP contribution in [0, 0.1) is 0 Å². The number of ketones is 1. The van der Waals surface area contributed by atoms with E-state index in [0.29, 0.717) is 28.5 Å². The van der Waals surface area contributed by atoms with E-state index in [1.165, 1.54) is 17.4 Å². The normalized spacial score (nSPS) is 10.7. The lowest BCUT2D eigenvalue weighted by Gasteiger charge is -2.08. The van der Waals surface area contributed by atoms with Gasteiger partial charge in [-0.3, -0.25) is 14.0 Å². The van der Waals surface area contributed by atoms with Gasteiger partial charge >= 0.3 is 0 Å². The van der Waals surface area contributed by atoms with Crippen LogP contribution in [0.25, 0.3) is 5.65 Å². The van der Waals surface area contributed by atoms with Crippen molar-refractivity contribution in [3.05, 3.63) is 75.3 Å². The van der Waals surface area contributed by atoms with Crippen LogP contribution in [0.15, 0.2) is 53.5 Å². The van der Waals surface area contributed by atoms with Crippen LogP contribution in [0.1, 0.15) is 23.0 Å². The second-order valence-corrected chi connectivity index (χ2v) is 5.59. The van der Waals surface area contributed by atoms with Gasteiger partial charge < -0.3 is 5.32 Å². The summed E-state index contributed by atoms with van der Waals surface area (Å²) in [5, 5.41) is 3.65. The summed E-state index contributed by atoms with van der Waals surface area (Å²) in [5.41, 5.74) is 2.40. The lowest BCUT2D eigenvalue weighted by atomic mass is 10.1. The summed E-state index contributed by atoms with van der Waals surface area (Å²) in [5.74, 6) is 0.00704. The van der Waals surface area contributed by atoms with Gasteiger partial charge in [-0.2, -0.15) is 0 Å². The smallest absolute Gasteiger partial charge is 0.258 e. The molecule has 0 aliphatic carbocycles. The fraction of sp³-hybridized carbons (Fsp3) is 0.118. The standard InChI is InChI=1S/C17H14ClN3O2/c1-11(22)12-3-2-4-14(7-12)19-9-15-8-17(23)21-10-13(18)5-6-16(21)20-15/h2-8,10,19H,9H2,1H3. The third-order valence-corrected chi connectivity index (χ3v) is 3.64. The van der Waals surface area contributed by atoms with Crippen molar-refractivity contribution in [2.75, 3.05) is 5.32 Å². The number of carbonyl (C=O) groups is 1. The Morgan fingerprint density at radius 2 is 2.09 bits per heavy atom. The van der Waals surface area contributed by atoms with Crippen LogP contribution >= 0.6 is 11.6 Å². The molecule has 0 aliphatic heterocycles. The van der Waals surface area contributed by atoms with E-state index in [4.69, 9.17) is 11.6 Å². The van der Waals surface area contributed by atoms with Crippen LogP contribution in [0.2, 0.25) is 5.02 Å². The van der Waals surface area contributed by atoms with Gasteiger partial charge in [0, 0.05) is 23.5 Å².